The van der Waals surface area contributed by atoms with E-state index < -0.39 is 24.1 Å². The summed E-state index contributed by atoms with van der Waals surface area (Å²) >= 11 is 1.64. The molecule has 38 heavy (non-hydrogen) atoms. The van der Waals surface area contributed by atoms with Gasteiger partial charge in [0.2, 0.25) is 0 Å². The fraction of sp³-hybridized carbons (Fsp3) is 0.481. The predicted molar refractivity (Wildman–Crippen MR) is 140 cm³/mol. The third-order valence-electron chi connectivity index (χ3n) is 7.02. The molecule has 0 aliphatic carbocycles. The van der Waals surface area contributed by atoms with E-state index in [4.69, 9.17) is 9.57 Å². The highest BCUT2D eigenvalue weighted by atomic mass is 32.1. The maximum Gasteiger partial charge on any atom is 0.416 e. The topological polar surface area (TPSA) is 70.4 Å². The number of rotatable bonds is 7. The van der Waals surface area contributed by atoms with E-state index in [0.29, 0.717) is 37.4 Å². The monoisotopic (exact) mass is 548 g/mol. The zero-order chi connectivity index (χ0) is 27.0. The number of halogens is 3. The van der Waals surface area contributed by atoms with Crippen molar-refractivity contribution in [3.05, 3.63) is 58.6 Å². The second kappa shape index (κ2) is 10.8. The summed E-state index contributed by atoms with van der Waals surface area (Å²) in [5.74, 6) is 0.676. The average Bonchev–Trinajstić information content (AvgIpc) is 3.48. The molecule has 3 heterocycles. The quantitative estimate of drug-likeness (QED) is 0.436. The number of aliphatic hydroxyl groups is 1. The number of benzene rings is 2. The van der Waals surface area contributed by atoms with Crippen LogP contribution in [0.5, 0.6) is 5.75 Å². The fourth-order valence-electron chi connectivity index (χ4n) is 5.02. The molecule has 2 aliphatic heterocycles. The number of oxime groups is 1. The Balaban J connectivity index is 1.16. The van der Waals surface area contributed by atoms with E-state index >= 15 is 0 Å². The Kier molecular flexibility index (Phi) is 7.63. The van der Waals surface area contributed by atoms with Crippen LogP contribution in [0.4, 0.5) is 13.2 Å². The minimum absolute atomic E-state index is 0.171. The summed E-state index contributed by atoms with van der Waals surface area (Å²) in [4.78, 5) is 14.5. The molecule has 0 radical (unpaired) electrons. The molecule has 0 saturated carbocycles. The van der Waals surface area contributed by atoms with Crippen LogP contribution in [0.1, 0.15) is 42.5 Å². The number of fused-ring (bicyclic) bond motifs is 1. The lowest BCUT2D eigenvalue weighted by Gasteiger charge is -2.43. The Hall–Kier alpha value is -2.73. The van der Waals surface area contributed by atoms with Gasteiger partial charge in [0.15, 0.2) is 12.3 Å². The molecule has 0 spiro atoms. The summed E-state index contributed by atoms with van der Waals surface area (Å²) in [7, 11) is 0. The normalized spacial score (nSPS) is 22.8. The molecule has 5 rings (SSSR count). The van der Waals surface area contributed by atoms with Crippen molar-refractivity contribution in [2.45, 2.75) is 57.8 Å². The third-order valence-corrected chi connectivity index (χ3v) is 7.97. The summed E-state index contributed by atoms with van der Waals surface area (Å²) in [5.41, 5.74) is 1.76. The highest BCUT2D eigenvalue weighted by molar-refractivity contribution is 7.18. The van der Waals surface area contributed by atoms with Gasteiger partial charge in [0, 0.05) is 44.7 Å². The molecule has 2 unspecified atom stereocenters. The number of aliphatic hydroxyl groups excluding tert-OH is 1. The van der Waals surface area contributed by atoms with E-state index in [1.165, 1.54) is 12.1 Å². The molecule has 2 aliphatic rings. The van der Waals surface area contributed by atoms with Crippen molar-refractivity contribution in [2.75, 3.05) is 26.2 Å². The lowest BCUT2D eigenvalue weighted by atomic mass is 10.0. The van der Waals surface area contributed by atoms with E-state index in [-0.39, 0.29) is 12.1 Å². The number of hydrogen-bond donors (Lipinski definition) is 1. The van der Waals surface area contributed by atoms with Crippen LogP contribution in [0.2, 0.25) is 0 Å². The van der Waals surface area contributed by atoms with Crippen molar-refractivity contribution in [3.8, 4) is 5.75 Å². The molecule has 0 amide bonds. The molecule has 1 N–H and O–H groups in total. The first-order chi connectivity index (χ1) is 18.1. The Bertz CT molecular complexity index is 1290. The van der Waals surface area contributed by atoms with Crippen LogP contribution in [-0.4, -0.2) is 70.2 Å². The Morgan fingerprint density at radius 2 is 1.95 bits per heavy atom. The highest BCUT2D eigenvalue weighted by Crippen LogP contribution is 2.33. The number of aromatic nitrogens is 1. The van der Waals surface area contributed by atoms with Crippen molar-refractivity contribution in [3.63, 3.8) is 0 Å². The molecule has 204 valence electrons. The largest absolute Gasteiger partial charge is 0.472 e. The number of piperazine rings is 1. The second-order valence-corrected chi connectivity index (χ2v) is 11.2. The summed E-state index contributed by atoms with van der Waals surface area (Å²) in [6, 6.07) is 11.1. The number of aryl methyl sites for hydroxylation is 1. The van der Waals surface area contributed by atoms with E-state index in [9.17, 15) is 18.3 Å². The number of ether oxygens (including phenoxy) is 1. The molecule has 11 heteroatoms. The SMILES string of the molecule is Cc1nc2cc(OC([C@@H](C)O)N3CCN(CC4=NOC(c5ccc(C(F)(F)F)cc5)C4)[C@@H](C)C3)ccc2s1. The number of nitrogens with zero attached hydrogens (tertiary/aromatic N) is 4. The molecule has 1 saturated heterocycles. The first-order valence-corrected chi connectivity index (χ1v) is 13.5. The molecule has 2 aromatic carbocycles. The summed E-state index contributed by atoms with van der Waals surface area (Å²) in [5, 5.41) is 15.8. The van der Waals surface area contributed by atoms with Gasteiger partial charge in [0.05, 0.1) is 26.5 Å². The first kappa shape index (κ1) is 26.9. The molecule has 1 fully saturated rings. The molecular formula is C27H31F3N4O3S. The van der Waals surface area contributed by atoms with Gasteiger partial charge in [-0.25, -0.2) is 4.98 Å². The highest BCUT2D eigenvalue weighted by Gasteiger charge is 2.34. The molecular weight excluding hydrogens is 517 g/mol. The minimum Gasteiger partial charge on any atom is -0.472 e. The molecule has 7 nitrogen and oxygen atoms in total. The molecule has 1 aromatic heterocycles. The van der Waals surface area contributed by atoms with Gasteiger partial charge in [-0.1, -0.05) is 17.3 Å². The van der Waals surface area contributed by atoms with Crippen molar-refractivity contribution in [2.24, 2.45) is 5.16 Å². The van der Waals surface area contributed by atoms with Gasteiger partial charge in [-0.05, 0) is 50.6 Å². The lowest BCUT2D eigenvalue weighted by Crippen LogP contribution is -2.59. The van der Waals surface area contributed by atoms with Gasteiger partial charge in [0.25, 0.3) is 0 Å². The molecule has 4 atom stereocenters. The molecule has 3 aromatic rings. The maximum absolute atomic E-state index is 12.9. The Morgan fingerprint density at radius 3 is 2.63 bits per heavy atom. The zero-order valence-electron chi connectivity index (χ0n) is 21.5. The van der Waals surface area contributed by atoms with Gasteiger partial charge in [-0.3, -0.25) is 9.80 Å². The minimum atomic E-state index is -4.36. The average molecular weight is 549 g/mol. The Morgan fingerprint density at radius 1 is 1.18 bits per heavy atom. The standard InChI is InChI=1S/C27H31F3N4O3S/c1-16-14-34(26(17(2)35)36-22-8-9-25-23(13-22)31-18(3)38-25)11-10-33(16)15-21-12-24(37-32-21)19-4-6-20(7-5-19)27(28,29)30/h4-9,13,16-17,24,26,35H,10-12,14-15H2,1-3H3/t16-,17+,24?,26?/m0/s1. The van der Waals surface area contributed by atoms with Crippen LogP contribution in [0.3, 0.4) is 0 Å². The predicted octanol–water partition coefficient (Wildman–Crippen LogP) is 5.23. The van der Waals surface area contributed by atoms with Gasteiger partial charge >= 0.3 is 6.18 Å². The van der Waals surface area contributed by atoms with E-state index in [0.717, 1.165) is 39.6 Å². The second-order valence-electron chi connectivity index (χ2n) is 10.0. The number of thiazole rings is 1. The van der Waals surface area contributed by atoms with Crippen molar-refractivity contribution >= 4 is 27.3 Å². The smallest absolute Gasteiger partial charge is 0.416 e. The Labute approximate surface area is 223 Å². The lowest BCUT2D eigenvalue weighted by molar-refractivity contribution is -0.137. The summed E-state index contributed by atoms with van der Waals surface area (Å²) in [6.07, 6.45) is -5.39. The third kappa shape index (κ3) is 5.96. The van der Waals surface area contributed by atoms with Crippen LogP contribution in [-0.2, 0) is 11.0 Å². The van der Waals surface area contributed by atoms with Gasteiger partial charge < -0.3 is 14.7 Å². The maximum atomic E-state index is 12.9. The van der Waals surface area contributed by atoms with Crippen molar-refractivity contribution < 1.29 is 27.9 Å². The molecule has 0 bridgehead atoms. The van der Waals surface area contributed by atoms with Gasteiger partial charge in [-0.15, -0.1) is 11.3 Å². The van der Waals surface area contributed by atoms with Crippen LogP contribution in [0, 0.1) is 6.92 Å². The van der Waals surface area contributed by atoms with Crippen LogP contribution >= 0.6 is 11.3 Å². The van der Waals surface area contributed by atoms with Gasteiger partial charge in [-0.2, -0.15) is 13.2 Å². The fourth-order valence-corrected chi connectivity index (χ4v) is 5.83. The van der Waals surface area contributed by atoms with Crippen LogP contribution in [0.15, 0.2) is 47.6 Å². The van der Waals surface area contributed by atoms with Gasteiger partial charge in [0.1, 0.15) is 11.9 Å². The summed E-state index contributed by atoms with van der Waals surface area (Å²) in [6.45, 7) is 8.61. The van der Waals surface area contributed by atoms with E-state index in [2.05, 4.69) is 26.9 Å². The zero-order valence-corrected chi connectivity index (χ0v) is 22.3. The number of hydrogen-bond acceptors (Lipinski definition) is 8. The van der Waals surface area contributed by atoms with Crippen molar-refractivity contribution in [1.29, 1.82) is 0 Å². The van der Waals surface area contributed by atoms with Crippen molar-refractivity contribution in [1.82, 2.24) is 14.8 Å². The first-order valence-electron chi connectivity index (χ1n) is 12.7. The van der Waals surface area contributed by atoms with E-state index in [1.807, 2.05) is 25.1 Å². The number of alkyl halides is 3. The van der Waals surface area contributed by atoms with Crippen LogP contribution in [0.25, 0.3) is 10.2 Å². The van der Waals surface area contributed by atoms with Crippen LogP contribution < -0.4 is 4.74 Å². The van der Waals surface area contributed by atoms with E-state index in [1.54, 1.807) is 18.3 Å². The summed E-state index contributed by atoms with van der Waals surface area (Å²) < 4.78 is 45.9.